The maximum atomic E-state index is 12.8. The van der Waals surface area contributed by atoms with Crippen LogP contribution in [0, 0.1) is 5.82 Å². The Morgan fingerprint density at radius 3 is 2.80 bits per heavy atom. The van der Waals surface area contributed by atoms with Gasteiger partial charge < -0.3 is 9.73 Å². The van der Waals surface area contributed by atoms with E-state index in [0.717, 1.165) is 12.0 Å². The molecule has 106 valence electrons. The lowest BCUT2D eigenvalue weighted by Crippen LogP contribution is -2.24. The number of rotatable bonds is 6. The summed E-state index contributed by atoms with van der Waals surface area (Å²) in [6.45, 7) is 2.69. The van der Waals surface area contributed by atoms with Gasteiger partial charge in [0.15, 0.2) is 11.7 Å². The summed E-state index contributed by atoms with van der Waals surface area (Å²) in [5.41, 5.74) is 0.764. The third-order valence-electron chi connectivity index (χ3n) is 2.82. The molecule has 1 aromatic carbocycles. The van der Waals surface area contributed by atoms with Crippen molar-refractivity contribution in [3.05, 3.63) is 42.2 Å². The van der Waals surface area contributed by atoms with Crippen molar-refractivity contribution in [3.63, 3.8) is 0 Å². The molecular weight excluding hydrogens is 259 g/mol. The van der Waals surface area contributed by atoms with E-state index in [0.29, 0.717) is 31.0 Å². The van der Waals surface area contributed by atoms with Crippen molar-refractivity contribution in [3.8, 4) is 11.3 Å². The molecule has 4 nitrogen and oxygen atoms in total. The quantitative estimate of drug-likeness (QED) is 0.882. The molecule has 0 fully saturated rings. The number of carbonyl (C=O) groups is 1. The zero-order valence-electron chi connectivity index (χ0n) is 11.4. The maximum absolute atomic E-state index is 12.8. The third-order valence-corrected chi connectivity index (χ3v) is 2.82. The van der Waals surface area contributed by atoms with Gasteiger partial charge in [-0.2, -0.15) is 0 Å². The summed E-state index contributed by atoms with van der Waals surface area (Å²) in [6.07, 6.45) is 3.31. The second kappa shape index (κ2) is 6.84. The number of amides is 1. The first-order valence-corrected chi connectivity index (χ1v) is 6.66. The van der Waals surface area contributed by atoms with Crippen LogP contribution in [0.1, 0.15) is 25.7 Å². The number of oxazole rings is 1. The Morgan fingerprint density at radius 1 is 1.35 bits per heavy atom. The fourth-order valence-corrected chi connectivity index (χ4v) is 1.75. The predicted octanol–water partition coefficient (Wildman–Crippen LogP) is 2.94. The van der Waals surface area contributed by atoms with Gasteiger partial charge in [0, 0.05) is 24.9 Å². The molecule has 0 saturated carbocycles. The average Bonchev–Trinajstić information content (AvgIpc) is 2.92. The van der Waals surface area contributed by atoms with Gasteiger partial charge >= 0.3 is 0 Å². The number of hydrogen-bond donors (Lipinski definition) is 1. The topological polar surface area (TPSA) is 55.1 Å². The third kappa shape index (κ3) is 3.91. The number of benzene rings is 1. The van der Waals surface area contributed by atoms with Gasteiger partial charge in [0.2, 0.25) is 5.91 Å². The standard InChI is InChI=1S/C15H17FN2O2/c1-2-9-17-14(19)7-8-15-18-10-13(20-15)11-3-5-12(16)6-4-11/h3-6,10H,2,7-9H2,1H3,(H,17,19). The van der Waals surface area contributed by atoms with Crippen molar-refractivity contribution < 1.29 is 13.6 Å². The Balaban J connectivity index is 1.92. The lowest BCUT2D eigenvalue weighted by molar-refractivity contribution is -0.121. The summed E-state index contributed by atoms with van der Waals surface area (Å²) in [5, 5.41) is 2.80. The molecule has 2 aromatic rings. The average molecular weight is 276 g/mol. The Morgan fingerprint density at radius 2 is 2.10 bits per heavy atom. The molecule has 0 radical (unpaired) electrons. The van der Waals surface area contributed by atoms with Gasteiger partial charge in [0.05, 0.1) is 6.20 Å². The second-order valence-electron chi connectivity index (χ2n) is 4.48. The molecule has 5 heteroatoms. The van der Waals surface area contributed by atoms with E-state index in [1.807, 2.05) is 6.92 Å². The number of aromatic nitrogens is 1. The molecule has 1 N–H and O–H groups in total. The van der Waals surface area contributed by atoms with Crippen molar-refractivity contribution in [2.24, 2.45) is 0 Å². The molecule has 0 unspecified atom stereocenters. The van der Waals surface area contributed by atoms with E-state index in [1.165, 1.54) is 12.1 Å². The van der Waals surface area contributed by atoms with Crippen LogP contribution < -0.4 is 5.32 Å². The number of hydrogen-bond acceptors (Lipinski definition) is 3. The van der Waals surface area contributed by atoms with E-state index in [4.69, 9.17) is 4.42 Å². The summed E-state index contributed by atoms with van der Waals surface area (Å²) >= 11 is 0. The summed E-state index contributed by atoms with van der Waals surface area (Å²) in [6, 6.07) is 6.01. The minimum Gasteiger partial charge on any atom is -0.441 e. The molecule has 0 atom stereocenters. The highest BCUT2D eigenvalue weighted by molar-refractivity contribution is 5.75. The van der Waals surface area contributed by atoms with Gasteiger partial charge in [-0.25, -0.2) is 9.37 Å². The van der Waals surface area contributed by atoms with Crippen LogP contribution in [0.2, 0.25) is 0 Å². The van der Waals surface area contributed by atoms with Gasteiger partial charge in [-0.1, -0.05) is 6.92 Å². The van der Waals surface area contributed by atoms with E-state index in [9.17, 15) is 9.18 Å². The first kappa shape index (κ1) is 14.2. The van der Waals surface area contributed by atoms with Crippen molar-refractivity contribution in [2.45, 2.75) is 26.2 Å². The Hall–Kier alpha value is -2.17. The lowest BCUT2D eigenvalue weighted by Gasteiger charge is -2.01. The predicted molar refractivity (Wildman–Crippen MR) is 73.5 cm³/mol. The number of nitrogens with zero attached hydrogens (tertiary/aromatic N) is 1. The van der Waals surface area contributed by atoms with E-state index in [2.05, 4.69) is 10.3 Å². The first-order valence-electron chi connectivity index (χ1n) is 6.66. The molecule has 20 heavy (non-hydrogen) atoms. The van der Waals surface area contributed by atoms with Gasteiger partial charge in [-0.15, -0.1) is 0 Å². The van der Waals surface area contributed by atoms with Crippen molar-refractivity contribution in [2.75, 3.05) is 6.54 Å². The molecule has 0 bridgehead atoms. The minimum absolute atomic E-state index is 0.00613. The summed E-state index contributed by atoms with van der Waals surface area (Å²) in [4.78, 5) is 15.6. The monoisotopic (exact) mass is 276 g/mol. The van der Waals surface area contributed by atoms with Gasteiger partial charge in [-0.3, -0.25) is 4.79 Å². The molecular formula is C15H17FN2O2. The van der Waals surface area contributed by atoms with E-state index in [1.54, 1.807) is 18.3 Å². The summed E-state index contributed by atoms with van der Waals surface area (Å²) < 4.78 is 18.4. The summed E-state index contributed by atoms with van der Waals surface area (Å²) in [5.74, 6) is 0.791. The molecule has 2 rings (SSSR count). The van der Waals surface area contributed by atoms with Crippen LogP contribution in [0.4, 0.5) is 4.39 Å². The number of aryl methyl sites for hydroxylation is 1. The van der Waals surface area contributed by atoms with Crippen LogP contribution in [-0.2, 0) is 11.2 Å². The molecule has 1 aromatic heterocycles. The van der Waals surface area contributed by atoms with Crippen LogP contribution in [0.25, 0.3) is 11.3 Å². The maximum Gasteiger partial charge on any atom is 0.220 e. The van der Waals surface area contributed by atoms with Crippen LogP contribution in [-0.4, -0.2) is 17.4 Å². The van der Waals surface area contributed by atoms with Gasteiger partial charge in [0.1, 0.15) is 5.82 Å². The zero-order valence-corrected chi connectivity index (χ0v) is 11.4. The fourth-order valence-electron chi connectivity index (χ4n) is 1.75. The van der Waals surface area contributed by atoms with Gasteiger partial charge in [0.25, 0.3) is 0 Å². The number of nitrogens with one attached hydrogen (secondary N) is 1. The van der Waals surface area contributed by atoms with Gasteiger partial charge in [-0.05, 0) is 30.7 Å². The number of carbonyl (C=O) groups excluding carboxylic acids is 1. The second-order valence-corrected chi connectivity index (χ2v) is 4.48. The molecule has 1 amide bonds. The van der Waals surface area contributed by atoms with Crippen molar-refractivity contribution >= 4 is 5.91 Å². The van der Waals surface area contributed by atoms with Crippen molar-refractivity contribution in [1.82, 2.24) is 10.3 Å². The Kier molecular flexibility index (Phi) is 4.87. The highest BCUT2D eigenvalue weighted by Crippen LogP contribution is 2.21. The normalized spacial score (nSPS) is 10.5. The van der Waals surface area contributed by atoms with E-state index < -0.39 is 0 Å². The molecule has 0 aliphatic heterocycles. The first-order chi connectivity index (χ1) is 9.69. The fraction of sp³-hybridized carbons (Fsp3) is 0.333. The zero-order chi connectivity index (χ0) is 14.4. The smallest absolute Gasteiger partial charge is 0.220 e. The molecule has 0 aliphatic rings. The van der Waals surface area contributed by atoms with Crippen LogP contribution >= 0.6 is 0 Å². The highest BCUT2D eigenvalue weighted by atomic mass is 19.1. The largest absolute Gasteiger partial charge is 0.441 e. The summed E-state index contributed by atoms with van der Waals surface area (Å²) in [7, 11) is 0. The van der Waals surface area contributed by atoms with Crippen LogP contribution in [0.5, 0.6) is 0 Å². The minimum atomic E-state index is -0.291. The lowest BCUT2D eigenvalue weighted by atomic mass is 10.2. The van der Waals surface area contributed by atoms with Crippen LogP contribution in [0.15, 0.2) is 34.9 Å². The molecule has 1 heterocycles. The Labute approximate surface area is 117 Å². The number of halogens is 1. The molecule has 0 aliphatic carbocycles. The van der Waals surface area contributed by atoms with Crippen molar-refractivity contribution in [1.29, 1.82) is 0 Å². The molecule has 0 saturated heterocycles. The van der Waals surface area contributed by atoms with Crippen LogP contribution in [0.3, 0.4) is 0 Å². The molecule has 0 spiro atoms. The Bertz CT molecular complexity index is 564. The van der Waals surface area contributed by atoms with E-state index in [-0.39, 0.29) is 11.7 Å². The SMILES string of the molecule is CCCNC(=O)CCc1ncc(-c2ccc(F)cc2)o1. The highest BCUT2D eigenvalue weighted by Gasteiger charge is 2.08. The van der Waals surface area contributed by atoms with E-state index >= 15 is 0 Å².